The molecule has 1 amide bonds. The van der Waals surface area contributed by atoms with E-state index in [0.717, 1.165) is 31.7 Å². The van der Waals surface area contributed by atoms with Crippen molar-refractivity contribution in [2.45, 2.75) is 12.6 Å². The molecule has 3 aromatic carbocycles. The van der Waals surface area contributed by atoms with Crippen LogP contribution in [-0.2, 0) is 11.3 Å². The molecule has 30 heavy (non-hydrogen) atoms. The number of amides is 1. The Morgan fingerprint density at radius 1 is 0.767 bits per heavy atom. The zero-order valence-electron chi connectivity index (χ0n) is 17.1. The van der Waals surface area contributed by atoms with Crippen molar-refractivity contribution in [3.05, 3.63) is 95.6 Å². The Balaban J connectivity index is 1.20. The highest BCUT2D eigenvalue weighted by Crippen LogP contribution is 2.46. The van der Waals surface area contributed by atoms with Gasteiger partial charge >= 0.3 is 0 Å². The zero-order valence-corrected chi connectivity index (χ0v) is 17.1. The van der Waals surface area contributed by atoms with Gasteiger partial charge in [-0.1, -0.05) is 78.9 Å². The molecule has 5 rings (SSSR count). The minimum absolute atomic E-state index is 0.101. The largest absolute Gasteiger partial charge is 0.351 e. The van der Waals surface area contributed by atoms with Gasteiger partial charge in [0.1, 0.15) is 0 Å². The summed E-state index contributed by atoms with van der Waals surface area (Å²) in [4.78, 5) is 17.2. The van der Waals surface area contributed by atoms with Crippen molar-refractivity contribution in [1.82, 2.24) is 15.1 Å². The van der Waals surface area contributed by atoms with Crippen LogP contribution >= 0.6 is 0 Å². The molecule has 4 heteroatoms. The molecule has 0 saturated carbocycles. The van der Waals surface area contributed by atoms with Crippen LogP contribution in [-0.4, -0.2) is 48.4 Å². The molecule has 1 N–H and O–H groups in total. The molecule has 1 aliphatic carbocycles. The van der Waals surface area contributed by atoms with Crippen molar-refractivity contribution in [3.8, 4) is 11.1 Å². The summed E-state index contributed by atoms with van der Waals surface area (Å²) in [6.45, 7) is 4.84. The lowest BCUT2D eigenvalue weighted by molar-refractivity contribution is -0.122. The van der Waals surface area contributed by atoms with Crippen molar-refractivity contribution >= 4 is 5.91 Å². The third kappa shape index (κ3) is 3.76. The van der Waals surface area contributed by atoms with Crippen molar-refractivity contribution in [1.29, 1.82) is 0 Å². The molecule has 4 nitrogen and oxygen atoms in total. The molecule has 0 aromatic heterocycles. The van der Waals surface area contributed by atoms with Gasteiger partial charge in [0.2, 0.25) is 5.91 Å². The fraction of sp³-hybridized carbons (Fsp3) is 0.269. The number of nitrogens with zero attached hydrogens (tertiary/aromatic N) is 2. The number of hydrogen-bond donors (Lipinski definition) is 1. The molecule has 152 valence electrons. The summed E-state index contributed by atoms with van der Waals surface area (Å²) in [6, 6.07) is 27.9. The van der Waals surface area contributed by atoms with Crippen LogP contribution in [0.2, 0.25) is 0 Å². The Bertz CT molecular complexity index is 980. The fourth-order valence-electron chi connectivity index (χ4n) is 4.76. The van der Waals surface area contributed by atoms with E-state index in [0.29, 0.717) is 19.1 Å². The van der Waals surface area contributed by atoms with E-state index in [2.05, 4.69) is 63.6 Å². The smallest absolute Gasteiger partial charge is 0.234 e. The van der Waals surface area contributed by atoms with Crippen LogP contribution in [0.4, 0.5) is 0 Å². The van der Waals surface area contributed by atoms with E-state index in [1.165, 1.54) is 22.3 Å². The number of fused-ring (bicyclic) bond motifs is 3. The van der Waals surface area contributed by atoms with Crippen LogP contribution in [0.15, 0.2) is 78.9 Å². The van der Waals surface area contributed by atoms with Crippen LogP contribution in [0.3, 0.4) is 0 Å². The second kappa shape index (κ2) is 8.42. The lowest BCUT2D eigenvalue weighted by Gasteiger charge is -2.38. The maximum absolute atomic E-state index is 12.4. The molecular weight excluding hydrogens is 370 g/mol. The predicted molar refractivity (Wildman–Crippen MR) is 120 cm³/mol. The summed E-state index contributed by atoms with van der Waals surface area (Å²) in [7, 11) is 0. The molecule has 2 aliphatic rings. The summed E-state index contributed by atoms with van der Waals surface area (Å²) in [5.74, 6) is 0.101. The SMILES string of the molecule is O=C(CN1CCN(C2c3ccccc3-c3ccccc32)CC1)NCc1ccccc1. The molecule has 0 spiro atoms. The maximum Gasteiger partial charge on any atom is 0.234 e. The van der Waals surface area contributed by atoms with Gasteiger partial charge in [0.15, 0.2) is 0 Å². The van der Waals surface area contributed by atoms with Crippen LogP contribution in [0.1, 0.15) is 22.7 Å². The molecule has 1 fully saturated rings. The topological polar surface area (TPSA) is 35.6 Å². The second-order valence-electron chi connectivity index (χ2n) is 8.15. The van der Waals surface area contributed by atoms with Crippen molar-refractivity contribution < 1.29 is 4.79 Å². The first-order chi connectivity index (χ1) is 14.8. The van der Waals surface area contributed by atoms with Gasteiger partial charge in [-0.2, -0.15) is 0 Å². The van der Waals surface area contributed by atoms with Gasteiger partial charge in [0, 0.05) is 32.7 Å². The van der Waals surface area contributed by atoms with E-state index in [4.69, 9.17) is 0 Å². The summed E-state index contributed by atoms with van der Waals surface area (Å²) in [5, 5.41) is 3.04. The van der Waals surface area contributed by atoms with Crippen LogP contribution in [0.5, 0.6) is 0 Å². The van der Waals surface area contributed by atoms with E-state index in [-0.39, 0.29) is 5.91 Å². The highest BCUT2D eigenvalue weighted by molar-refractivity contribution is 5.79. The second-order valence-corrected chi connectivity index (χ2v) is 8.15. The van der Waals surface area contributed by atoms with Gasteiger partial charge in [0.25, 0.3) is 0 Å². The number of nitrogens with one attached hydrogen (secondary N) is 1. The summed E-state index contributed by atoms with van der Waals surface area (Å²) in [5.41, 5.74) is 6.68. The van der Waals surface area contributed by atoms with Crippen LogP contribution < -0.4 is 5.32 Å². The predicted octanol–water partition coefficient (Wildman–Crippen LogP) is 3.69. The highest BCUT2D eigenvalue weighted by atomic mass is 16.2. The first kappa shape index (κ1) is 19.0. The minimum Gasteiger partial charge on any atom is -0.351 e. The monoisotopic (exact) mass is 397 g/mol. The Kier molecular flexibility index (Phi) is 5.35. The van der Waals surface area contributed by atoms with Crippen molar-refractivity contribution in [2.75, 3.05) is 32.7 Å². The Labute approximate surface area is 178 Å². The summed E-state index contributed by atoms with van der Waals surface area (Å²) < 4.78 is 0. The number of benzene rings is 3. The first-order valence-corrected chi connectivity index (χ1v) is 10.7. The van der Waals surface area contributed by atoms with Crippen LogP contribution in [0, 0.1) is 0 Å². The number of rotatable bonds is 5. The molecule has 3 aromatic rings. The van der Waals surface area contributed by atoms with Gasteiger partial charge in [-0.25, -0.2) is 0 Å². The van der Waals surface area contributed by atoms with E-state index in [1.54, 1.807) is 0 Å². The number of carbonyl (C=O) groups excluding carboxylic acids is 1. The summed E-state index contributed by atoms with van der Waals surface area (Å²) >= 11 is 0. The molecular formula is C26H27N3O. The number of carbonyl (C=O) groups is 1. The maximum atomic E-state index is 12.4. The van der Waals surface area contributed by atoms with Gasteiger partial charge < -0.3 is 5.32 Å². The third-order valence-corrected chi connectivity index (χ3v) is 6.27. The molecule has 0 radical (unpaired) electrons. The Hall–Kier alpha value is -2.95. The Morgan fingerprint density at radius 2 is 1.33 bits per heavy atom. The zero-order chi connectivity index (χ0) is 20.3. The average molecular weight is 398 g/mol. The Morgan fingerprint density at radius 3 is 1.97 bits per heavy atom. The van der Waals surface area contributed by atoms with Gasteiger partial charge in [-0.15, -0.1) is 0 Å². The molecule has 0 bridgehead atoms. The van der Waals surface area contributed by atoms with Crippen LogP contribution in [0.25, 0.3) is 11.1 Å². The summed E-state index contributed by atoms with van der Waals surface area (Å²) in [6.07, 6.45) is 0. The quantitative estimate of drug-likeness (QED) is 0.713. The molecule has 1 aliphatic heterocycles. The van der Waals surface area contributed by atoms with E-state index in [9.17, 15) is 4.79 Å². The fourth-order valence-corrected chi connectivity index (χ4v) is 4.76. The average Bonchev–Trinajstić information content (AvgIpc) is 3.14. The highest BCUT2D eigenvalue weighted by Gasteiger charge is 2.34. The third-order valence-electron chi connectivity index (χ3n) is 6.27. The molecule has 0 atom stereocenters. The van der Waals surface area contributed by atoms with Crippen molar-refractivity contribution in [2.24, 2.45) is 0 Å². The first-order valence-electron chi connectivity index (χ1n) is 10.7. The van der Waals surface area contributed by atoms with Gasteiger partial charge in [0.05, 0.1) is 12.6 Å². The van der Waals surface area contributed by atoms with Crippen molar-refractivity contribution in [3.63, 3.8) is 0 Å². The molecule has 1 saturated heterocycles. The standard InChI is InChI=1S/C26H27N3O/c30-25(27-18-20-8-2-1-3-9-20)19-28-14-16-29(17-15-28)26-23-12-6-4-10-21(23)22-11-5-7-13-24(22)26/h1-13,26H,14-19H2,(H,27,30). The lowest BCUT2D eigenvalue weighted by Crippen LogP contribution is -2.50. The van der Waals surface area contributed by atoms with E-state index < -0.39 is 0 Å². The molecule has 0 unspecified atom stereocenters. The van der Waals surface area contributed by atoms with Gasteiger partial charge in [-0.3, -0.25) is 14.6 Å². The van der Waals surface area contributed by atoms with E-state index >= 15 is 0 Å². The number of hydrogen-bond acceptors (Lipinski definition) is 3. The number of piperazine rings is 1. The molecule has 1 heterocycles. The minimum atomic E-state index is 0.101. The normalized spacial score (nSPS) is 16.8. The lowest BCUT2D eigenvalue weighted by atomic mass is 10.0. The van der Waals surface area contributed by atoms with Gasteiger partial charge in [-0.05, 0) is 27.8 Å². The van der Waals surface area contributed by atoms with E-state index in [1.807, 2.05) is 30.3 Å².